The third kappa shape index (κ3) is 7.95. The summed E-state index contributed by atoms with van der Waals surface area (Å²) in [4.78, 5) is 0.102. The van der Waals surface area contributed by atoms with Crippen LogP contribution in [0.15, 0.2) is 70.0 Å². The van der Waals surface area contributed by atoms with Crippen LogP contribution in [0, 0.1) is 5.82 Å². The minimum Gasteiger partial charge on any atom is -0.490 e. The van der Waals surface area contributed by atoms with Gasteiger partial charge in [0.1, 0.15) is 12.4 Å². The van der Waals surface area contributed by atoms with E-state index in [2.05, 4.69) is 21.2 Å². The first-order valence-electron chi connectivity index (χ1n) is 10.4. The quantitative estimate of drug-likeness (QED) is 0.316. The molecule has 0 spiro atoms. The van der Waals surface area contributed by atoms with Crippen molar-refractivity contribution in [1.29, 1.82) is 0 Å². The fraction of sp³-hybridized carbons (Fsp3) is 0.250. The van der Waals surface area contributed by atoms with Gasteiger partial charge in [0, 0.05) is 12.1 Å². The molecule has 34 heavy (non-hydrogen) atoms. The number of benzene rings is 3. The van der Waals surface area contributed by atoms with Gasteiger partial charge in [0.05, 0.1) is 16.0 Å². The standard InChI is InChI=1S/C24H26BrFN2O4S.ClH/c1-2-31-23-14-18(13-21(25)24(23)32-16-19-5-3-4-6-22(19)26)15-28-12-11-17-7-9-20(10-8-17)33(27,29)30;/h3-10,13-14,28H,2,11-12,15-16H2,1H3,(H2,27,29,30);1H. The molecular formula is C24H27BrClFN2O4S. The summed E-state index contributed by atoms with van der Waals surface area (Å²) < 4.78 is 48.9. The highest BCUT2D eigenvalue weighted by Gasteiger charge is 2.14. The van der Waals surface area contributed by atoms with Crippen molar-refractivity contribution in [2.75, 3.05) is 13.2 Å². The predicted octanol–water partition coefficient (Wildman–Crippen LogP) is 4.97. The second-order valence-electron chi connectivity index (χ2n) is 7.33. The Labute approximate surface area is 214 Å². The van der Waals surface area contributed by atoms with Crippen LogP contribution in [-0.2, 0) is 29.6 Å². The van der Waals surface area contributed by atoms with Gasteiger partial charge in [0.25, 0.3) is 0 Å². The Morgan fingerprint density at radius 2 is 1.74 bits per heavy atom. The number of halogens is 3. The molecule has 10 heteroatoms. The number of primary sulfonamides is 1. The fourth-order valence-corrected chi connectivity index (χ4v) is 4.32. The first-order valence-corrected chi connectivity index (χ1v) is 12.8. The molecule has 3 aromatic rings. The Morgan fingerprint density at radius 1 is 1.03 bits per heavy atom. The number of nitrogens with one attached hydrogen (secondary N) is 1. The molecule has 3 rings (SSSR count). The summed E-state index contributed by atoms with van der Waals surface area (Å²) in [5.74, 6) is 0.795. The molecule has 3 aromatic carbocycles. The Balaban J connectivity index is 0.00000408. The lowest BCUT2D eigenvalue weighted by Gasteiger charge is -2.16. The van der Waals surface area contributed by atoms with Gasteiger partial charge in [-0.1, -0.05) is 30.3 Å². The van der Waals surface area contributed by atoms with Gasteiger partial charge in [-0.3, -0.25) is 0 Å². The molecule has 0 unspecified atom stereocenters. The lowest BCUT2D eigenvalue weighted by molar-refractivity contribution is 0.264. The summed E-state index contributed by atoms with van der Waals surface area (Å²) in [5.41, 5.74) is 2.46. The van der Waals surface area contributed by atoms with Crippen LogP contribution in [0.1, 0.15) is 23.6 Å². The predicted molar refractivity (Wildman–Crippen MR) is 137 cm³/mol. The van der Waals surface area contributed by atoms with E-state index in [0.717, 1.165) is 22.0 Å². The maximum Gasteiger partial charge on any atom is 0.238 e. The van der Waals surface area contributed by atoms with Crippen LogP contribution in [0.3, 0.4) is 0 Å². The molecule has 0 atom stereocenters. The summed E-state index contributed by atoms with van der Waals surface area (Å²) in [7, 11) is -3.68. The van der Waals surface area contributed by atoms with E-state index in [-0.39, 0.29) is 29.7 Å². The van der Waals surface area contributed by atoms with E-state index in [1.165, 1.54) is 18.2 Å². The van der Waals surface area contributed by atoms with Crippen molar-refractivity contribution in [2.24, 2.45) is 5.14 Å². The third-order valence-electron chi connectivity index (χ3n) is 4.87. The Bertz CT molecular complexity index is 1190. The first kappa shape index (κ1) is 28.1. The average molecular weight is 574 g/mol. The maximum absolute atomic E-state index is 13.9. The molecular weight excluding hydrogens is 547 g/mol. The van der Waals surface area contributed by atoms with Crippen molar-refractivity contribution >= 4 is 38.4 Å². The van der Waals surface area contributed by atoms with Crippen molar-refractivity contribution in [3.63, 3.8) is 0 Å². The van der Waals surface area contributed by atoms with Crippen molar-refractivity contribution in [2.45, 2.75) is 31.4 Å². The molecule has 184 valence electrons. The van der Waals surface area contributed by atoms with E-state index in [9.17, 15) is 12.8 Å². The molecule has 0 fully saturated rings. The van der Waals surface area contributed by atoms with Crippen LogP contribution in [-0.4, -0.2) is 21.6 Å². The third-order valence-corrected chi connectivity index (χ3v) is 6.39. The lowest BCUT2D eigenvalue weighted by Crippen LogP contribution is -2.17. The van der Waals surface area contributed by atoms with Crippen LogP contribution in [0.25, 0.3) is 0 Å². The topological polar surface area (TPSA) is 90.6 Å². The van der Waals surface area contributed by atoms with Gasteiger partial charge >= 0.3 is 0 Å². The fourth-order valence-electron chi connectivity index (χ4n) is 3.20. The van der Waals surface area contributed by atoms with Crippen molar-refractivity contribution in [1.82, 2.24) is 5.32 Å². The van der Waals surface area contributed by atoms with Gasteiger partial charge in [-0.2, -0.15) is 0 Å². The van der Waals surface area contributed by atoms with Gasteiger partial charge in [-0.25, -0.2) is 17.9 Å². The minimum atomic E-state index is -3.68. The minimum absolute atomic E-state index is 0. The second kappa shape index (κ2) is 13.1. The van der Waals surface area contributed by atoms with Gasteiger partial charge in [-0.05, 0) is 77.3 Å². The van der Waals surface area contributed by atoms with Gasteiger partial charge < -0.3 is 14.8 Å². The molecule has 0 aliphatic rings. The molecule has 0 aliphatic carbocycles. The molecule has 0 heterocycles. The van der Waals surface area contributed by atoms with Gasteiger partial charge in [0.15, 0.2) is 11.5 Å². The van der Waals surface area contributed by atoms with Crippen molar-refractivity contribution in [3.8, 4) is 11.5 Å². The molecule has 0 radical (unpaired) electrons. The van der Waals surface area contributed by atoms with Gasteiger partial charge in [0.2, 0.25) is 10.0 Å². The molecule has 0 saturated carbocycles. The SMILES string of the molecule is CCOc1cc(CNCCc2ccc(S(N)(=O)=O)cc2)cc(Br)c1OCc1ccccc1F.Cl. The normalized spacial score (nSPS) is 11.1. The Hall–Kier alpha value is -2.17. The smallest absolute Gasteiger partial charge is 0.238 e. The molecule has 0 saturated heterocycles. The Morgan fingerprint density at radius 3 is 2.38 bits per heavy atom. The summed E-state index contributed by atoms with van der Waals surface area (Å²) in [6.45, 7) is 3.74. The molecule has 6 nitrogen and oxygen atoms in total. The number of nitrogens with two attached hydrogens (primary N) is 1. The molecule has 0 aliphatic heterocycles. The van der Waals surface area contributed by atoms with E-state index in [1.807, 2.05) is 19.1 Å². The zero-order valence-electron chi connectivity index (χ0n) is 18.6. The highest BCUT2D eigenvalue weighted by atomic mass is 79.9. The summed E-state index contributed by atoms with van der Waals surface area (Å²) in [6.07, 6.45) is 0.730. The van der Waals surface area contributed by atoms with Crippen LogP contribution in [0.2, 0.25) is 0 Å². The van der Waals surface area contributed by atoms with E-state index in [1.54, 1.807) is 30.3 Å². The number of sulfonamides is 1. The molecule has 0 amide bonds. The summed E-state index contributed by atoms with van der Waals surface area (Å²) in [6, 6.07) is 16.9. The van der Waals surface area contributed by atoms with Crippen molar-refractivity contribution < 1.29 is 22.3 Å². The molecule has 0 bridgehead atoms. The zero-order valence-corrected chi connectivity index (χ0v) is 21.8. The molecule has 0 aromatic heterocycles. The van der Waals surface area contributed by atoms with Gasteiger partial charge in [-0.15, -0.1) is 12.4 Å². The van der Waals surface area contributed by atoms with Crippen LogP contribution in [0.4, 0.5) is 4.39 Å². The summed E-state index contributed by atoms with van der Waals surface area (Å²) >= 11 is 3.54. The van der Waals surface area contributed by atoms with E-state index >= 15 is 0 Å². The second-order valence-corrected chi connectivity index (χ2v) is 9.75. The lowest BCUT2D eigenvalue weighted by atomic mass is 10.1. The number of rotatable bonds is 11. The Kier molecular flexibility index (Phi) is 10.8. The van der Waals surface area contributed by atoms with Crippen LogP contribution in [0.5, 0.6) is 11.5 Å². The zero-order chi connectivity index (χ0) is 23.8. The number of ether oxygens (including phenoxy) is 2. The largest absolute Gasteiger partial charge is 0.490 e. The van der Waals surface area contributed by atoms with Crippen LogP contribution < -0.4 is 19.9 Å². The number of hydrogen-bond donors (Lipinski definition) is 2. The first-order chi connectivity index (χ1) is 15.8. The summed E-state index contributed by atoms with van der Waals surface area (Å²) in [5, 5.41) is 8.49. The van der Waals surface area contributed by atoms with E-state index in [0.29, 0.717) is 36.8 Å². The monoisotopic (exact) mass is 572 g/mol. The van der Waals surface area contributed by atoms with E-state index < -0.39 is 10.0 Å². The van der Waals surface area contributed by atoms with E-state index in [4.69, 9.17) is 14.6 Å². The highest BCUT2D eigenvalue weighted by molar-refractivity contribution is 9.10. The van der Waals surface area contributed by atoms with Crippen molar-refractivity contribution in [3.05, 3.63) is 87.6 Å². The highest BCUT2D eigenvalue weighted by Crippen LogP contribution is 2.37. The van der Waals surface area contributed by atoms with Crippen LogP contribution >= 0.6 is 28.3 Å². The maximum atomic E-state index is 13.9. The average Bonchev–Trinajstić information content (AvgIpc) is 2.77. The number of hydrogen-bond acceptors (Lipinski definition) is 5. The molecule has 3 N–H and O–H groups in total.